The van der Waals surface area contributed by atoms with Gasteiger partial charge in [0, 0.05) is 62.3 Å². The highest BCUT2D eigenvalue weighted by molar-refractivity contribution is 7.09. The molecule has 6 nitrogen and oxygen atoms in total. The summed E-state index contributed by atoms with van der Waals surface area (Å²) in [6.45, 7) is 7.74. The maximum atomic E-state index is 12.8. The average molecular weight is 388 g/mol. The van der Waals surface area contributed by atoms with Gasteiger partial charge in [0.1, 0.15) is 0 Å². The average Bonchev–Trinajstić information content (AvgIpc) is 3.31. The number of likely N-dealkylation sites (tertiary alicyclic amines) is 2. The van der Waals surface area contributed by atoms with E-state index in [4.69, 9.17) is 0 Å². The zero-order chi connectivity index (χ0) is 18.7. The third-order valence-electron chi connectivity index (χ3n) is 5.92. The Morgan fingerprint density at radius 2 is 2.11 bits per heavy atom. The number of hydrogen-bond donors (Lipinski definition) is 0. The lowest BCUT2D eigenvalue weighted by molar-refractivity contribution is -0.136. The number of aryl methyl sites for hydroxylation is 2. The molecule has 0 radical (unpaired) electrons. The molecule has 1 spiro atoms. The lowest BCUT2D eigenvalue weighted by Gasteiger charge is -2.48. The van der Waals surface area contributed by atoms with Gasteiger partial charge in [0.05, 0.1) is 10.7 Å². The van der Waals surface area contributed by atoms with Crippen molar-refractivity contribution in [2.75, 3.05) is 26.2 Å². The summed E-state index contributed by atoms with van der Waals surface area (Å²) in [6.07, 6.45) is 9.05. The number of aromatic nitrogens is 3. The molecule has 7 heteroatoms. The van der Waals surface area contributed by atoms with Crippen molar-refractivity contribution >= 4 is 17.2 Å². The molecule has 0 aromatic carbocycles. The molecule has 0 N–H and O–H groups in total. The van der Waals surface area contributed by atoms with Gasteiger partial charge in [0.25, 0.3) is 0 Å². The molecule has 2 saturated heterocycles. The van der Waals surface area contributed by atoms with Crippen LogP contribution >= 0.6 is 11.3 Å². The fraction of sp³-hybridized carbons (Fsp3) is 0.650. The minimum Gasteiger partial charge on any atom is -0.342 e. The van der Waals surface area contributed by atoms with Crippen molar-refractivity contribution in [3.63, 3.8) is 0 Å². The first kappa shape index (κ1) is 18.6. The quantitative estimate of drug-likeness (QED) is 0.792. The summed E-state index contributed by atoms with van der Waals surface area (Å²) in [5.41, 5.74) is 1.46. The summed E-state index contributed by atoms with van der Waals surface area (Å²) in [4.78, 5) is 22.1. The molecule has 2 fully saturated rings. The predicted molar refractivity (Wildman–Crippen MR) is 106 cm³/mol. The third kappa shape index (κ3) is 4.58. The first-order chi connectivity index (χ1) is 13.1. The second-order valence-corrected chi connectivity index (χ2v) is 9.17. The van der Waals surface area contributed by atoms with Gasteiger partial charge in [-0.1, -0.05) is 0 Å². The lowest BCUT2D eigenvalue weighted by Crippen LogP contribution is -2.53. The minimum atomic E-state index is 0.267. The Balaban J connectivity index is 1.34. The Morgan fingerprint density at radius 1 is 1.26 bits per heavy atom. The van der Waals surface area contributed by atoms with Gasteiger partial charge in [-0.3, -0.25) is 14.4 Å². The van der Waals surface area contributed by atoms with Crippen LogP contribution in [0.1, 0.15) is 42.8 Å². The van der Waals surface area contributed by atoms with E-state index < -0.39 is 0 Å². The third-order valence-corrected chi connectivity index (χ3v) is 6.74. The summed E-state index contributed by atoms with van der Waals surface area (Å²) in [7, 11) is 0. The lowest BCUT2D eigenvalue weighted by atomic mass is 9.73. The molecule has 2 aliphatic heterocycles. The van der Waals surface area contributed by atoms with E-state index in [1.165, 1.54) is 25.0 Å². The fourth-order valence-electron chi connectivity index (χ4n) is 4.71. The van der Waals surface area contributed by atoms with Gasteiger partial charge in [-0.15, -0.1) is 11.3 Å². The number of amides is 1. The Kier molecular flexibility index (Phi) is 5.59. The number of carbonyl (C=O) groups is 1. The van der Waals surface area contributed by atoms with E-state index in [1.807, 2.05) is 16.9 Å². The number of carbonyl (C=O) groups excluding carboxylic acids is 1. The zero-order valence-electron chi connectivity index (χ0n) is 16.1. The standard InChI is InChI=1S/C20H29N5OS/c1-17-22-18(14-27-17)13-23-9-2-6-20(15-23)7-3-10-24(16-20)19(26)5-12-25-11-4-8-21-25/h4,8,11,14H,2-3,5-7,9-10,12-13,15-16H2,1H3. The zero-order valence-corrected chi connectivity index (χ0v) is 17.0. The molecule has 27 heavy (non-hydrogen) atoms. The Hall–Kier alpha value is -1.73. The normalized spacial score (nSPS) is 23.8. The molecule has 0 aliphatic carbocycles. The Bertz CT molecular complexity index is 754. The van der Waals surface area contributed by atoms with Gasteiger partial charge in [-0.2, -0.15) is 5.10 Å². The topological polar surface area (TPSA) is 54.3 Å². The molecule has 1 atom stereocenters. The molecule has 146 valence electrons. The van der Waals surface area contributed by atoms with Crippen molar-refractivity contribution in [1.82, 2.24) is 24.6 Å². The molecule has 2 aromatic rings. The predicted octanol–water partition coefficient (Wildman–Crippen LogP) is 2.94. The van der Waals surface area contributed by atoms with E-state index in [-0.39, 0.29) is 11.3 Å². The highest BCUT2D eigenvalue weighted by Gasteiger charge is 2.40. The van der Waals surface area contributed by atoms with Gasteiger partial charge >= 0.3 is 0 Å². The van der Waals surface area contributed by atoms with Crippen molar-refractivity contribution < 1.29 is 4.79 Å². The summed E-state index contributed by atoms with van der Waals surface area (Å²) >= 11 is 1.73. The first-order valence-corrected chi connectivity index (χ1v) is 10.9. The van der Waals surface area contributed by atoms with Crippen LogP contribution in [0.15, 0.2) is 23.8 Å². The van der Waals surface area contributed by atoms with Crippen LogP contribution in [0.2, 0.25) is 0 Å². The molecule has 0 saturated carbocycles. The number of hydrogen-bond acceptors (Lipinski definition) is 5. The van der Waals surface area contributed by atoms with Gasteiger partial charge in [0.15, 0.2) is 0 Å². The maximum Gasteiger partial charge on any atom is 0.224 e. The smallest absolute Gasteiger partial charge is 0.224 e. The van der Waals surface area contributed by atoms with Crippen LogP contribution in [0.4, 0.5) is 0 Å². The van der Waals surface area contributed by atoms with Crippen molar-refractivity contribution in [2.45, 2.75) is 52.1 Å². The van der Waals surface area contributed by atoms with E-state index in [1.54, 1.807) is 17.5 Å². The largest absolute Gasteiger partial charge is 0.342 e. The second-order valence-electron chi connectivity index (χ2n) is 8.11. The maximum absolute atomic E-state index is 12.8. The SMILES string of the molecule is Cc1nc(CN2CCCC3(CCCN(C(=O)CCn4cccn4)C3)C2)cs1. The molecular weight excluding hydrogens is 358 g/mol. The fourth-order valence-corrected chi connectivity index (χ4v) is 5.31. The Morgan fingerprint density at radius 3 is 2.85 bits per heavy atom. The van der Waals surface area contributed by atoms with E-state index in [9.17, 15) is 4.79 Å². The van der Waals surface area contributed by atoms with E-state index in [0.29, 0.717) is 13.0 Å². The minimum absolute atomic E-state index is 0.267. The van der Waals surface area contributed by atoms with Crippen molar-refractivity contribution in [2.24, 2.45) is 5.41 Å². The van der Waals surface area contributed by atoms with Gasteiger partial charge in [-0.05, 0) is 45.2 Å². The molecule has 1 amide bonds. The second kappa shape index (κ2) is 8.10. The van der Waals surface area contributed by atoms with E-state index >= 15 is 0 Å². The van der Waals surface area contributed by atoms with E-state index in [0.717, 1.165) is 44.2 Å². The number of rotatable bonds is 5. The molecule has 1 unspecified atom stereocenters. The van der Waals surface area contributed by atoms with Crippen LogP contribution in [0.25, 0.3) is 0 Å². The van der Waals surface area contributed by atoms with Crippen molar-refractivity contribution in [3.05, 3.63) is 34.5 Å². The van der Waals surface area contributed by atoms with Crippen LogP contribution in [0, 0.1) is 12.3 Å². The molecular formula is C20H29N5OS. The molecule has 0 bridgehead atoms. The Labute approximate surface area is 165 Å². The van der Waals surface area contributed by atoms with Crippen LogP contribution in [0.3, 0.4) is 0 Å². The number of piperidine rings is 2. The van der Waals surface area contributed by atoms with Crippen molar-refractivity contribution in [3.8, 4) is 0 Å². The molecule has 2 aliphatic rings. The summed E-state index contributed by atoms with van der Waals surface area (Å²) < 4.78 is 1.84. The van der Waals surface area contributed by atoms with Crippen LogP contribution in [0.5, 0.6) is 0 Å². The van der Waals surface area contributed by atoms with Crippen LogP contribution < -0.4 is 0 Å². The molecule has 4 heterocycles. The van der Waals surface area contributed by atoms with Gasteiger partial charge in [-0.25, -0.2) is 4.98 Å². The van der Waals surface area contributed by atoms with Crippen LogP contribution in [-0.4, -0.2) is 56.7 Å². The molecule has 4 rings (SSSR count). The summed E-state index contributed by atoms with van der Waals surface area (Å²) in [5, 5.41) is 7.53. The highest BCUT2D eigenvalue weighted by Crippen LogP contribution is 2.39. The van der Waals surface area contributed by atoms with Crippen molar-refractivity contribution in [1.29, 1.82) is 0 Å². The van der Waals surface area contributed by atoms with Gasteiger partial charge in [0.2, 0.25) is 5.91 Å². The summed E-state index contributed by atoms with van der Waals surface area (Å²) in [6, 6.07) is 1.90. The van der Waals surface area contributed by atoms with Gasteiger partial charge < -0.3 is 4.90 Å². The highest BCUT2D eigenvalue weighted by atomic mass is 32.1. The first-order valence-electron chi connectivity index (χ1n) is 10.0. The van der Waals surface area contributed by atoms with Crippen LogP contribution in [-0.2, 0) is 17.9 Å². The number of thiazole rings is 1. The number of nitrogens with zero attached hydrogens (tertiary/aromatic N) is 5. The monoisotopic (exact) mass is 387 g/mol. The van der Waals surface area contributed by atoms with E-state index in [2.05, 4.69) is 32.2 Å². The summed E-state index contributed by atoms with van der Waals surface area (Å²) in [5.74, 6) is 0.275. The molecule has 2 aromatic heterocycles.